The number of phosphoric acid groups is 1. The zero-order valence-corrected chi connectivity index (χ0v) is 29.5. The molecule has 1 aliphatic heterocycles. The molecule has 4 aromatic rings. The second kappa shape index (κ2) is 18.1. The summed E-state index contributed by atoms with van der Waals surface area (Å²) in [6, 6.07) is 21.3. The Labute approximate surface area is 314 Å². The maximum Gasteiger partial charge on any atom is 0.475 e. The van der Waals surface area contributed by atoms with Crippen LogP contribution in [0, 0.1) is 40.5 Å². The molecule has 0 spiro atoms. The van der Waals surface area contributed by atoms with Crippen LogP contribution in [0.5, 0.6) is 0 Å². The summed E-state index contributed by atoms with van der Waals surface area (Å²) >= 11 is 0. The number of phosphoric ester groups is 1. The highest BCUT2D eigenvalue weighted by molar-refractivity contribution is 7.48. The van der Waals surface area contributed by atoms with Crippen LogP contribution in [0.2, 0.25) is 0 Å². The fourth-order valence-electron chi connectivity index (χ4n) is 5.27. The molecule has 0 fully saturated rings. The van der Waals surface area contributed by atoms with E-state index in [1.807, 2.05) is 0 Å². The lowest BCUT2D eigenvalue weighted by molar-refractivity contribution is -0.386. The van der Waals surface area contributed by atoms with E-state index in [0.29, 0.717) is 0 Å². The molecule has 21 nitrogen and oxygen atoms in total. The Morgan fingerprint density at radius 1 is 0.607 bits per heavy atom. The van der Waals surface area contributed by atoms with Gasteiger partial charge < -0.3 is 19.3 Å². The Balaban J connectivity index is 1.50. The van der Waals surface area contributed by atoms with Crippen molar-refractivity contribution in [3.8, 4) is 0 Å². The molecule has 0 bridgehead atoms. The molecule has 0 amide bonds. The molecule has 0 saturated carbocycles. The molecule has 2 atom stereocenters. The first kappa shape index (κ1) is 40.5. The largest absolute Gasteiger partial charge is 0.485 e. The summed E-state index contributed by atoms with van der Waals surface area (Å²) in [6.07, 6.45) is -3.78. The van der Waals surface area contributed by atoms with E-state index in [-0.39, 0.29) is 33.6 Å². The number of aliphatic hydroxyl groups excluding tert-OH is 1. The van der Waals surface area contributed by atoms with Crippen LogP contribution < -0.4 is 0 Å². The highest BCUT2D eigenvalue weighted by atomic mass is 31.2. The zero-order chi connectivity index (χ0) is 40.4. The highest BCUT2D eigenvalue weighted by Crippen LogP contribution is 2.54. The van der Waals surface area contributed by atoms with Crippen LogP contribution in [-0.4, -0.2) is 49.6 Å². The topological polar surface area (TPSA) is 282 Å². The predicted octanol–water partition coefficient (Wildman–Crippen LogP) is 6.11. The van der Waals surface area contributed by atoms with E-state index in [1.54, 1.807) is 0 Å². The van der Waals surface area contributed by atoms with Gasteiger partial charge in [0.05, 0.1) is 61.8 Å². The SMILES string of the molecule is O=C1O[C@H]([C@H](CO)OP(=O)(OCc2ccccc2[N+](=O)[O-])OCc2ccccc2[N+](=O)[O-])C(OCc2ccccc2[N+](=O)[O-])=C1OCc1ccccc1[N+](=O)[O-]. The molecule has 56 heavy (non-hydrogen) atoms. The number of hydrogen-bond acceptors (Lipinski definition) is 17. The third kappa shape index (κ3) is 9.71. The third-order valence-electron chi connectivity index (χ3n) is 7.95. The number of carbonyl (C=O) groups is 1. The molecule has 4 aromatic carbocycles. The van der Waals surface area contributed by atoms with Crippen LogP contribution in [0.1, 0.15) is 22.3 Å². The van der Waals surface area contributed by atoms with Crippen molar-refractivity contribution in [1.82, 2.24) is 0 Å². The second-order valence-corrected chi connectivity index (χ2v) is 13.1. The molecule has 0 aliphatic carbocycles. The molecule has 292 valence electrons. The van der Waals surface area contributed by atoms with Gasteiger partial charge in [0.1, 0.15) is 19.3 Å². The molecular formula is C34H29N4O17P. The van der Waals surface area contributed by atoms with Crippen molar-refractivity contribution in [2.45, 2.75) is 38.6 Å². The van der Waals surface area contributed by atoms with Gasteiger partial charge in [-0.15, -0.1) is 0 Å². The first-order valence-electron chi connectivity index (χ1n) is 16.1. The Kier molecular flexibility index (Phi) is 13.1. The number of esters is 1. The summed E-state index contributed by atoms with van der Waals surface area (Å²) in [5.41, 5.74) is -1.76. The number of rotatable bonds is 20. The number of cyclic esters (lactones) is 1. The van der Waals surface area contributed by atoms with E-state index in [0.717, 1.165) is 12.1 Å². The normalized spacial score (nSPS) is 14.5. The quantitative estimate of drug-likeness (QED) is 0.0457. The molecule has 0 saturated heterocycles. The summed E-state index contributed by atoms with van der Waals surface area (Å²) in [4.78, 5) is 57.1. The van der Waals surface area contributed by atoms with Crippen molar-refractivity contribution in [1.29, 1.82) is 0 Å². The maximum atomic E-state index is 14.3. The predicted molar refractivity (Wildman–Crippen MR) is 188 cm³/mol. The zero-order valence-electron chi connectivity index (χ0n) is 28.6. The number of nitrogens with zero attached hydrogens (tertiary/aromatic N) is 4. The molecule has 0 aromatic heterocycles. The van der Waals surface area contributed by atoms with E-state index in [9.17, 15) is 54.9 Å². The van der Waals surface area contributed by atoms with Crippen LogP contribution in [0.25, 0.3) is 0 Å². The van der Waals surface area contributed by atoms with Crippen LogP contribution in [0.3, 0.4) is 0 Å². The Hall–Kier alpha value is -6.64. The summed E-state index contributed by atoms with van der Waals surface area (Å²) in [5.74, 6) is -2.48. The van der Waals surface area contributed by atoms with Gasteiger partial charge in [-0.1, -0.05) is 48.5 Å². The first-order chi connectivity index (χ1) is 26.8. The minimum absolute atomic E-state index is 0.00821. The minimum atomic E-state index is -5.10. The van der Waals surface area contributed by atoms with Gasteiger partial charge in [-0.2, -0.15) is 0 Å². The number of nitro benzene ring substituents is 4. The summed E-state index contributed by atoms with van der Waals surface area (Å²) in [7, 11) is -5.10. The van der Waals surface area contributed by atoms with E-state index < -0.39 is 102 Å². The van der Waals surface area contributed by atoms with Crippen LogP contribution in [0.15, 0.2) is 109 Å². The molecule has 1 N–H and O–H groups in total. The van der Waals surface area contributed by atoms with Crippen molar-refractivity contribution in [2.24, 2.45) is 0 Å². The van der Waals surface area contributed by atoms with Gasteiger partial charge in [0.25, 0.3) is 22.7 Å². The molecule has 1 heterocycles. The van der Waals surface area contributed by atoms with Gasteiger partial charge in [0.2, 0.25) is 5.76 Å². The first-order valence-corrected chi connectivity index (χ1v) is 17.6. The molecule has 22 heteroatoms. The fourth-order valence-corrected chi connectivity index (χ4v) is 6.57. The Morgan fingerprint density at radius 2 is 0.964 bits per heavy atom. The van der Waals surface area contributed by atoms with Crippen molar-refractivity contribution >= 4 is 36.5 Å². The molecule has 1 aliphatic rings. The van der Waals surface area contributed by atoms with E-state index in [2.05, 4.69) is 0 Å². The number of aliphatic hydroxyl groups is 1. The van der Waals surface area contributed by atoms with Gasteiger partial charge in [-0.25, -0.2) is 9.36 Å². The lowest BCUT2D eigenvalue weighted by Crippen LogP contribution is -2.35. The van der Waals surface area contributed by atoms with Crippen LogP contribution >= 0.6 is 7.82 Å². The minimum Gasteiger partial charge on any atom is -0.485 e. The van der Waals surface area contributed by atoms with Gasteiger partial charge in [0, 0.05) is 24.3 Å². The highest BCUT2D eigenvalue weighted by Gasteiger charge is 2.47. The van der Waals surface area contributed by atoms with E-state index >= 15 is 0 Å². The number of ether oxygens (including phenoxy) is 3. The van der Waals surface area contributed by atoms with Gasteiger partial charge >= 0.3 is 13.8 Å². The van der Waals surface area contributed by atoms with Crippen LogP contribution in [-0.2, 0) is 63.6 Å². The van der Waals surface area contributed by atoms with Gasteiger partial charge in [-0.05, 0) is 24.3 Å². The summed E-state index contributed by atoms with van der Waals surface area (Å²) in [5, 5.41) is 57.1. The average molecular weight is 797 g/mol. The maximum absolute atomic E-state index is 14.3. The van der Waals surface area contributed by atoms with Gasteiger partial charge in [0.15, 0.2) is 11.9 Å². The molecular weight excluding hydrogens is 767 g/mol. The van der Waals surface area contributed by atoms with E-state index in [1.165, 1.54) is 84.9 Å². The standard InChI is InChI=1S/C34H29N4O17P/c39-17-30(55-56(49,52-20-24-11-3-7-15-28(24)37(45)46)53-21-25-12-4-8-16-29(25)38(47)48)31-32(50-18-22-9-1-5-13-26(22)35(41)42)33(34(40)54-31)51-19-23-10-2-6-14-27(23)36(43)44/h1-16,30-31,39H,17-21H2/t30-,31+/m0/s1. The second-order valence-electron chi connectivity index (χ2n) is 11.5. The lowest BCUT2D eigenvalue weighted by atomic mass is 10.1. The van der Waals surface area contributed by atoms with Crippen molar-refractivity contribution in [2.75, 3.05) is 6.61 Å². The van der Waals surface area contributed by atoms with Crippen molar-refractivity contribution in [3.63, 3.8) is 0 Å². The van der Waals surface area contributed by atoms with Crippen molar-refractivity contribution < 1.29 is 61.9 Å². The molecule has 0 radical (unpaired) electrons. The number of para-hydroxylation sites is 4. The number of benzene rings is 4. The average Bonchev–Trinajstić information content (AvgIpc) is 3.51. The molecule has 0 unspecified atom stereocenters. The fraction of sp³-hybridized carbons (Fsp3) is 0.206. The molecule has 5 rings (SSSR count). The van der Waals surface area contributed by atoms with Crippen molar-refractivity contribution in [3.05, 3.63) is 171 Å². The number of carbonyl (C=O) groups excluding carboxylic acids is 1. The Bertz CT molecular complexity index is 2170. The Morgan fingerprint density at radius 3 is 1.34 bits per heavy atom. The third-order valence-corrected chi connectivity index (χ3v) is 9.37. The number of nitro groups is 4. The lowest BCUT2D eigenvalue weighted by Gasteiger charge is -2.27. The summed E-state index contributed by atoms with van der Waals surface area (Å²) in [6.45, 7) is -3.88. The van der Waals surface area contributed by atoms with Crippen LogP contribution in [0.4, 0.5) is 22.7 Å². The van der Waals surface area contributed by atoms with Gasteiger partial charge in [-0.3, -0.25) is 54.0 Å². The summed E-state index contributed by atoms with van der Waals surface area (Å²) < 4.78 is 47.9. The monoisotopic (exact) mass is 796 g/mol. The smallest absolute Gasteiger partial charge is 0.475 e. The number of hydrogen-bond donors (Lipinski definition) is 1. The van der Waals surface area contributed by atoms with E-state index in [4.69, 9.17) is 27.8 Å².